The summed E-state index contributed by atoms with van der Waals surface area (Å²) in [5.74, 6) is 0.901. The summed E-state index contributed by atoms with van der Waals surface area (Å²) in [6.45, 7) is 10.1. The van der Waals surface area contributed by atoms with Crippen molar-refractivity contribution in [2.45, 2.75) is 53.1 Å². The van der Waals surface area contributed by atoms with Gasteiger partial charge in [0.15, 0.2) is 0 Å². The van der Waals surface area contributed by atoms with E-state index in [0.29, 0.717) is 6.54 Å². The van der Waals surface area contributed by atoms with E-state index in [1.807, 2.05) is 34.6 Å². The average molecular weight is 268 g/mol. The number of carbonyl (C=O) groups excluding carboxylic acids is 1. The van der Waals surface area contributed by atoms with Crippen molar-refractivity contribution in [3.05, 3.63) is 17.0 Å². The monoisotopic (exact) mass is 268 g/mol. The van der Waals surface area contributed by atoms with Gasteiger partial charge in [0, 0.05) is 18.0 Å². The number of amides is 1. The van der Waals surface area contributed by atoms with Gasteiger partial charge in [0.25, 0.3) is 0 Å². The molecule has 108 valence electrons. The van der Waals surface area contributed by atoms with Gasteiger partial charge < -0.3 is 14.9 Å². The highest BCUT2D eigenvalue weighted by atomic mass is 16.5. The van der Waals surface area contributed by atoms with Crippen molar-refractivity contribution in [3.8, 4) is 0 Å². The van der Waals surface area contributed by atoms with Crippen molar-refractivity contribution >= 4 is 5.91 Å². The van der Waals surface area contributed by atoms with Gasteiger partial charge in [0.1, 0.15) is 5.76 Å². The second-order valence-corrected chi connectivity index (χ2v) is 5.46. The van der Waals surface area contributed by atoms with Crippen LogP contribution >= 0.6 is 0 Å². The fraction of sp³-hybridized carbons (Fsp3) is 0.714. The van der Waals surface area contributed by atoms with Gasteiger partial charge in [-0.1, -0.05) is 25.9 Å². The highest BCUT2D eigenvalue weighted by Crippen LogP contribution is 2.22. The predicted octanol–water partition coefficient (Wildman–Crippen LogP) is 1.92. The number of nitrogens with zero attached hydrogens (tertiary/aromatic N) is 1. The number of aliphatic hydroxyl groups excluding tert-OH is 1. The summed E-state index contributed by atoms with van der Waals surface area (Å²) in [7, 11) is 0. The molecule has 1 heterocycles. The van der Waals surface area contributed by atoms with E-state index in [4.69, 9.17) is 4.52 Å². The molecule has 2 N–H and O–H groups in total. The summed E-state index contributed by atoms with van der Waals surface area (Å²) in [6.07, 6.45) is -0.444. The number of hydrogen-bond donors (Lipinski definition) is 2. The molecule has 0 aromatic carbocycles. The average Bonchev–Trinajstić information content (AvgIpc) is 2.66. The molecule has 19 heavy (non-hydrogen) atoms. The van der Waals surface area contributed by atoms with E-state index in [-0.39, 0.29) is 24.2 Å². The molecule has 0 radical (unpaired) electrons. The van der Waals surface area contributed by atoms with E-state index < -0.39 is 6.10 Å². The Hall–Kier alpha value is -1.36. The molecule has 1 aromatic heterocycles. The molecule has 1 aromatic rings. The Morgan fingerprint density at radius 1 is 1.37 bits per heavy atom. The largest absolute Gasteiger partial charge is 0.392 e. The number of nitrogens with one attached hydrogen (secondary N) is 1. The maximum atomic E-state index is 11.7. The van der Waals surface area contributed by atoms with Crippen LogP contribution in [0.1, 0.15) is 50.1 Å². The fourth-order valence-electron chi connectivity index (χ4n) is 2.06. The fourth-order valence-corrected chi connectivity index (χ4v) is 2.06. The van der Waals surface area contributed by atoms with Crippen molar-refractivity contribution in [3.63, 3.8) is 0 Å². The highest BCUT2D eigenvalue weighted by molar-refractivity contribution is 5.76. The predicted molar refractivity (Wildman–Crippen MR) is 72.9 cm³/mol. The lowest BCUT2D eigenvalue weighted by Crippen LogP contribution is -2.32. The minimum atomic E-state index is -0.589. The normalized spacial score (nSPS) is 14.5. The van der Waals surface area contributed by atoms with Crippen LogP contribution in [0, 0.1) is 19.8 Å². The first-order chi connectivity index (χ1) is 8.82. The quantitative estimate of drug-likeness (QED) is 0.826. The summed E-state index contributed by atoms with van der Waals surface area (Å²) in [6, 6.07) is 0. The molecule has 5 nitrogen and oxygen atoms in total. The third-order valence-corrected chi connectivity index (χ3v) is 3.35. The summed E-state index contributed by atoms with van der Waals surface area (Å²) in [5, 5.41) is 16.4. The molecule has 0 aliphatic heterocycles. The Labute approximate surface area is 114 Å². The van der Waals surface area contributed by atoms with Crippen molar-refractivity contribution in [1.82, 2.24) is 10.5 Å². The van der Waals surface area contributed by atoms with Gasteiger partial charge >= 0.3 is 0 Å². The zero-order valence-electron chi connectivity index (χ0n) is 12.4. The molecule has 2 unspecified atom stereocenters. The first kappa shape index (κ1) is 15.7. The van der Waals surface area contributed by atoms with Gasteiger partial charge in [-0.05, 0) is 19.8 Å². The third-order valence-electron chi connectivity index (χ3n) is 3.35. The minimum absolute atomic E-state index is 0.0886. The van der Waals surface area contributed by atoms with Gasteiger partial charge in [0.2, 0.25) is 5.91 Å². The van der Waals surface area contributed by atoms with Crippen molar-refractivity contribution in [1.29, 1.82) is 0 Å². The lowest BCUT2D eigenvalue weighted by Gasteiger charge is -2.16. The van der Waals surface area contributed by atoms with E-state index in [9.17, 15) is 9.90 Å². The standard InChI is InChI=1S/C14H24N2O3/c1-8(2)12(17)6-13(18)15-7-9(3)14-10(4)16-19-11(14)5/h8-9,12,17H,6-7H2,1-5H3,(H,15,18). The van der Waals surface area contributed by atoms with Gasteiger partial charge in [-0.3, -0.25) is 4.79 Å². The van der Waals surface area contributed by atoms with Crippen molar-refractivity contribution in [2.75, 3.05) is 6.54 Å². The molecule has 0 saturated carbocycles. The Morgan fingerprint density at radius 3 is 2.47 bits per heavy atom. The molecule has 0 aliphatic rings. The topological polar surface area (TPSA) is 75.4 Å². The van der Waals surface area contributed by atoms with Crippen LogP contribution < -0.4 is 5.32 Å². The SMILES string of the molecule is Cc1noc(C)c1C(C)CNC(=O)CC(O)C(C)C. The number of aromatic nitrogens is 1. The Bertz CT molecular complexity index is 407. The highest BCUT2D eigenvalue weighted by Gasteiger charge is 2.18. The smallest absolute Gasteiger partial charge is 0.222 e. The van der Waals surface area contributed by atoms with Crippen LogP contribution in [0.15, 0.2) is 4.52 Å². The first-order valence-corrected chi connectivity index (χ1v) is 6.70. The zero-order chi connectivity index (χ0) is 14.6. The zero-order valence-corrected chi connectivity index (χ0v) is 12.4. The molecule has 0 saturated heterocycles. The number of aryl methyl sites for hydroxylation is 2. The molecular formula is C14H24N2O3. The molecule has 0 aliphatic carbocycles. The minimum Gasteiger partial charge on any atom is -0.392 e. The molecule has 0 bridgehead atoms. The van der Waals surface area contributed by atoms with Crippen molar-refractivity contribution < 1.29 is 14.4 Å². The summed E-state index contributed by atoms with van der Waals surface area (Å²) in [5.41, 5.74) is 1.91. The van der Waals surface area contributed by atoms with Crippen LogP contribution in [0.3, 0.4) is 0 Å². The van der Waals surface area contributed by atoms with Gasteiger partial charge in [-0.25, -0.2) is 0 Å². The maximum absolute atomic E-state index is 11.7. The van der Waals surface area contributed by atoms with E-state index >= 15 is 0 Å². The van der Waals surface area contributed by atoms with E-state index in [0.717, 1.165) is 17.0 Å². The molecule has 5 heteroatoms. The van der Waals surface area contributed by atoms with Gasteiger partial charge in [-0.2, -0.15) is 0 Å². The van der Waals surface area contributed by atoms with Crippen LogP contribution in [0.5, 0.6) is 0 Å². The van der Waals surface area contributed by atoms with Crippen LogP contribution in [-0.4, -0.2) is 28.8 Å². The summed E-state index contributed by atoms with van der Waals surface area (Å²) >= 11 is 0. The lowest BCUT2D eigenvalue weighted by atomic mass is 9.99. The number of rotatable bonds is 6. The Balaban J connectivity index is 2.47. The van der Waals surface area contributed by atoms with Gasteiger partial charge in [-0.15, -0.1) is 0 Å². The number of carbonyl (C=O) groups is 1. The molecule has 1 rings (SSSR count). The number of hydrogen-bond acceptors (Lipinski definition) is 4. The summed E-state index contributed by atoms with van der Waals surface area (Å²) < 4.78 is 5.12. The Morgan fingerprint density at radius 2 is 2.00 bits per heavy atom. The van der Waals surface area contributed by atoms with Crippen molar-refractivity contribution in [2.24, 2.45) is 5.92 Å². The maximum Gasteiger partial charge on any atom is 0.222 e. The van der Waals surface area contributed by atoms with E-state index in [2.05, 4.69) is 10.5 Å². The van der Waals surface area contributed by atoms with Crippen LogP contribution in [-0.2, 0) is 4.79 Å². The molecular weight excluding hydrogens is 244 g/mol. The molecule has 0 fully saturated rings. The van der Waals surface area contributed by atoms with Gasteiger partial charge in [0.05, 0.1) is 18.2 Å². The van der Waals surface area contributed by atoms with Crippen LogP contribution in [0.4, 0.5) is 0 Å². The van der Waals surface area contributed by atoms with E-state index in [1.165, 1.54) is 0 Å². The van der Waals surface area contributed by atoms with E-state index in [1.54, 1.807) is 0 Å². The Kier molecular flexibility index (Phi) is 5.54. The second-order valence-electron chi connectivity index (χ2n) is 5.46. The third kappa shape index (κ3) is 4.35. The second kappa shape index (κ2) is 6.70. The molecule has 2 atom stereocenters. The molecule has 1 amide bonds. The van der Waals surface area contributed by atoms with Crippen LogP contribution in [0.2, 0.25) is 0 Å². The first-order valence-electron chi connectivity index (χ1n) is 6.70. The van der Waals surface area contributed by atoms with Crippen LogP contribution in [0.25, 0.3) is 0 Å². The molecule has 0 spiro atoms. The lowest BCUT2D eigenvalue weighted by molar-refractivity contribution is -0.123. The summed E-state index contributed by atoms with van der Waals surface area (Å²) in [4.78, 5) is 11.7. The number of aliphatic hydroxyl groups is 1.